The van der Waals surface area contributed by atoms with E-state index in [9.17, 15) is 0 Å². The van der Waals surface area contributed by atoms with Crippen molar-refractivity contribution < 1.29 is 4.42 Å². The van der Waals surface area contributed by atoms with Crippen molar-refractivity contribution in [2.24, 2.45) is 5.73 Å². The third-order valence-corrected chi connectivity index (χ3v) is 1.59. The third kappa shape index (κ3) is 1.80. The predicted octanol–water partition coefficient (Wildman–Crippen LogP) is 1.30. The van der Waals surface area contributed by atoms with Crippen molar-refractivity contribution in [1.82, 2.24) is 4.98 Å². The van der Waals surface area contributed by atoms with E-state index < -0.39 is 0 Å². The first kappa shape index (κ1) is 8.27. The fourth-order valence-corrected chi connectivity index (χ4v) is 1.07. The highest BCUT2D eigenvalue weighted by atomic mass is 16.3. The highest BCUT2D eigenvalue weighted by Gasteiger charge is 2.09. The van der Waals surface area contributed by atoms with E-state index in [1.807, 2.05) is 0 Å². The molecule has 0 amide bonds. The van der Waals surface area contributed by atoms with E-state index in [4.69, 9.17) is 10.2 Å². The SMILES string of the molecule is CC(C)c1ncoc1CCN. The molecular weight excluding hydrogens is 140 g/mol. The molecule has 0 saturated carbocycles. The number of oxazole rings is 1. The monoisotopic (exact) mass is 154 g/mol. The molecule has 0 bridgehead atoms. The average molecular weight is 154 g/mol. The van der Waals surface area contributed by atoms with E-state index in [0.717, 1.165) is 17.9 Å². The van der Waals surface area contributed by atoms with E-state index in [2.05, 4.69) is 18.8 Å². The van der Waals surface area contributed by atoms with Crippen LogP contribution in [0.15, 0.2) is 10.8 Å². The summed E-state index contributed by atoms with van der Waals surface area (Å²) >= 11 is 0. The summed E-state index contributed by atoms with van der Waals surface area (Å²) in [7, 11) is 0. The average Bonchev–Trinajstić information content (AvgIpc) is 2.36. The highest BCUT2D eigenvalue weighted by Crippen LogP contribution is 2.17. The molecule has 1 aromatic rings. The second-order valence-electron chi connectivity index (χ2n) is 2.85. The zero-order valence-electron chi connectivity index (χ0n) is 7.00. The molecule has 3 heteroatoms. The van der Waals surface area contributed by atoms with Crippen molar-refractivity contribution in [2.75, 3.05) is 6.54 Å². The first-order chi connectivity index (χ1) is 5.25. The first-order valence-corrected chi connectivity index (χ1v) is 3.88. The van der Waals surface area contributed by atoms with Gasteiger partial charge in [0.25, 0.3) is 0 Å². The molecule has 0 aromatic carbocycles. The zero-order valence-corrected chi connectivity index (χ0v) is 7.00. The lowest BCUT2D eigenvalue weighted by atomic mass is 10.1. The summed E-state index contributed by atoms with van der Waals surface area (Å²) < 4.78 is 5.18. The van der Waals surface area contributed by atoms with Crippen molar-refractivity contribution in [2.45, 2.75) is 26.2 Å². The largest absolute Gasteiger partial charge is 0.448 e. The van der Waals surface area contributed by atoms with E-state index in [1.165, 1.54) is 6.39 Å². The van der Waals surface area contributed by atoms with Crippen molar-refractivity contribution in [3.63, 3.8) is 0 Å². The van der Waals surface area contributed by atoms with E-state index in [0.29, 0.717) is 12.5 Å². The second kappa shape index (κ2) is 3.53. The lowest BCUT2D eigenvalue weighted by Crippen LogP contribution is -2.04. The Labute approximate surface area is 66.6 Å². The van der Waals surface area contributed by atoms with Crippen molar-refractivity contribution in [1.29, 1.82) is 0 Å². The number of rotatable bonds is 3. The standard InChI is InChI=1S/C8H14N2O/c1-6(2)8-7(3-4-9)11-5-10-8/h5-6H,3-4,9H2,1-2H3. The van der Waals surface area contributed by atoms with Gasteiger partial charge in [0.2, 0.25) is 0 Å². The van der Waals surface area contributed by atoms with Crippen LogP contribution in [0.3, 0.4) is 0 Å². The Bertz CT molecular complexity index is 218. The predicted molar refractivity (Wildman–Crippen MR) is 43.4 cm³/mol. The highest BCUT2D eigenvalue weighted by molar-refractivity contribution is 5.11. The van der Waals surface area contributed by atoms with Gasteiger partial charge in [0.05, 0.1) is 5.69 Å². The van der Waals surface area contributed by atoms with Crippen LogP contribution in [0.4, 0.5) is 0 Å². The van der Waals surface area contributed by atoms with Crippen LogP contribution < -0.4 is 5.73 Å². The second-order valence-corrected chi connectivity index (χ2v) is 2.85. The quantitative estimate of drug-likeness (QED) is 0.714. The van der Waals surface area contributed by atoms with Gasteiger partial charge in [0, 0.05) is 6.42 Å². The number of nitrogens with zero attached hydrogens (tertiary/aromatic N) is 1. The first-order valence-electron chi connectivity index (χ1n) is 3.88. The van der Waals surface area contributed by atoms with Gasteiger partial charge in [0.15, 0.2) is 6.39 Å². The minimum absolute atomic E-state index is 0.426. The maximum atomic E-state index is 5.40. The Morgan fingerprint density at radius 3 is 2.91 bits per heavy atom. The molecule has 3 nitrogen and oxygen atoms in total. The maximum Gasteiger partial charge on any atom is 0.181 e. The molecule has 0 saturated heterocycles. The van der Waals surface area contributed by atoms with Crippen LogP contribution in [0.5, 0.6) is 0 Å². The van der Waals surface area contributed by atoms with Gasteiger partial charge >= 0.3 is 0 Å². The Balaban J connectivity index is 2.78. The normalized spacial score (nSPS) is 10.9. The third-order valence-electron chi connectivity index (χ3n) is 1.59. The molecule has 0 spiro atoms. The summed E-state index contributed by atoms with van der Waals surface area (Å²) in [6, 6.07) is 0. The maximum absolute atomic E-state index is 5.40. The molecule has 1 aromatic heterocycles. The molecule has 1 heterocycles. The number of hydrogen-bond donors (Lipinski definition) is 1. The Kier molecular flexibility index (Phi) is 2.65. The van der Waals surface area contributed by atoms with Gasteiger partial charge in [-0.05, 0) is 12.5 Å². The van der Waals surface area contributed by atoms with Gasteiger partial charge in [-0.25, -0.2) is 4.98 Å². The molecule has 62 valence electrons. The topological polar surface area (TPSA) is 52.0 Å². The molecule has 2 N–H and O–H groups in total. The van der Waals surface area contributed by atoms with Crippen LogP contribution in [-0.2, 0) is 6.42 Å². The van der Waals surface area contributed by atoms with Crippen molar-refractivity contribution in [3.8, 4) is 0 Å². The zero-order chi connectivity index (χ0) is 8.27. The van der Waals surface area contributed by atoms with E-state index >= 15 is 0 Å². The molecule has 0 aliphatic heterocycles. The van der Waals surface area contributed by atoms with Crippen LogP contribution in [0.1, 0.15) is 31.2 Å². The van der Waals surface area contributed by atoms with Crippen LogP contribution in [-0.4, -0.2) is 11.5 Å². The minimum Gasteiger partial charge on any atom is -0.448 e. The van der Waals surface area contributed by atoms with Gasteiger partial charge in [-0.3, -0.25) is 0 Å². The van der Waals surface area contributed by atoms with Gasteiger partial charge in [-0.15, -0.1) is 0 Å². The lowest BCUT2D eigenvalue weighted by Gasteiger charge is -2.01. The van der Waals surface area contributed by atoms with Gasteiger partial charge in [-0.1, -0.05) is 13.8 Å². The molecule has 1 rings (SSSR count). The Morgan fingerprint density at radius 2 is 2.36 bits per heavy atom. The molecular formula is C8H14N2O. The van der Waals surface area contributed by atoms with Crippen LogP contribution in [0.25, 0.3) is 0 Å². The van der Waals surface area contributed by atoms with E-state index in [-0.39, 0.29) is 0 Å². The number of aromatic nitrogens is 1. The summed E-state index contributed by atoms with van der Waals surface area (Å²) in [6.45, 7) is 4.81. The van der Waals surface area contributed by atoms with Gasteiger partial charge in [0.1, 0.15) is 5.76 Å². The molecule has 0 aliphatic carbocycles. The molecule has 0 aliphatic rings. The van der Waals surface area contributed by atoms with Gasteiger partial charge in [-0.2, -0.15) is 0 Å². The van der Waals surface area contributed by atoms with Gasteiger partial charge < -0.3 is 10.2 Å². The van der Waals surface area contributed by atoms with Crippen LogP contribution in [0.2, 0.25) is 0 Å². The minimum atomic E-state index is 0.426. The smallest absolute Gasteiger partial charge is 0.181 e. The lowest BCUT2D eigenvalue weighted by molar-refractivity contribution is 0.500. The molecule has 0 fully saturated rings. The molecule has 0 unspecified atom stereocenters. The van der Waals surface area contributed by atoms with Crippen LogP contribution >= 0.6 is 0 Å². The Morgan fingerprint density at radius 1 is 1.64 bits per heavy atom. The molecule has 11 heavy (non-hydrogen) atoms. The number of nitrogens with two attached hydrogens (primary N) is 1. The summed E-state index contributed by atoms with van der Waals surface area (Å²) in [6.07, 6.45) is 2.27. The fraction of sp³-hybridized carbons (Fsp3) is 0.625. The summed E-state index contributed by atoms with van der Waals surface area (Å²) in [5, 5.41) is 0. The fourth-order valence-electron chi connectivity index (χ4n) is 1.07. The van der Waals surface area contributed by atoms with Crippen molar-refractivity contribution >= 4 is 0 Å². The Hall–Kier alpha value is -0.830. The van der Waals surface area contributed by atoms with E-state index in [1.54, 1.807) is 0 Å². The number of hydrogen-bond acceptors (Lipinski definition) is 3. The van der Waals surface area contributed by atoms with Crippen molar-refractivity contribution in [3.05, 3.63) is 17.8 Å². The summed E-state index contributed by atoms with van der Waals surface area (Å²) in [4.78, 5) is 4.11. The summed E-state index contributed by atoms with van der Waals surface area (Å²) in [5.74, 6) is 1.36. The molecule has 0 atom stereocenters. The summed E-state index contributed by atoms with van der Waals surface area (Å²) in [5.41, 5.74) is 6.44. The van der Waals surface area contributed by atoms with Crippen LogP contribution in [0, 0.1) is 0 Å². The molecule has 0 radical (unpaired) electrons.